The normalized spacial score (nSPS) is 10.0. The van der Waals surface area contributed by atoms with Gasteiger partial charge in [0.25, 0.3) is 0 Å². The van der Waals surface area contributed by atoms with Crippen molar-refractivity contribution < 1.29 is 9.53 Å². The molecular weight excluding hydrogens is 246 g/mol. The Hall–Kier alpha value is -2.57. The van der Waals surface area contributed by atoms with Crippen molar-refractivity contribution in [2.24, 2.45) is 7.05 Å². The zero-order valence-corrected chi connectivity index (χ0v) is 10.8. The van der Waals surface area contributed by atoms with E-state index >= 15 is 0 Å². The van der Waals surface area contributed by atoms with Crippen LogP contribution in [0.25, 0.3) is 0 Å². The molecule has 0 spiro atoms. The topological polar surface area (TPSA) is 81.1 Å². The van der Waals surface area contributed by atoms with Crippen LogP contribution in [0.15, 0.2) is 30.5 Å². The number of benzene rings is 1. The third-order valence-corrected chi connectivity index (χ3v) is 2.42. The summed E-state index contributed by atoms with van der Waals surface area (Å²) in [6.07, 6.45) is 1.34. The molecule has 0 aliphatic heterocycles. The minimum absolute atomic E-state index is 0.494. The van der Waals surface area contributed by atoms with Crippen molar-refractivity contribution >= 4 is 17.5 Å². The van der Waals surface area contributed by atoms with Gasteiger partial charge in [-0.25, -0.2) is 4.79 Å². The molecule has 1 heterocycles. The predicted octanol–water partition coefficient (Wildman–Crippen LogP) is 1.61. The Labute approximate surface area is 110 Å². The van der Waals surface area contributed by atoms with Gasteiger partial charge in [0, 0.05) is 24.6 Å². The molecule has 2 rings (SSSR count). The first-order chi connectivity index (χ1) is 9.17. The standard InChI is InChI=1S/C12H15N5O2/c1-17-8-11(15-16-17)7-13-9-4-3-5-10(6-9)14-12(18)19-2/h3-6,8,13H,7H2,1-2H3,(H,14,18). The first-order valence-electron chi connectivity index (χ1n) is 5.71. The molecule has 0 aliphatic rings. The monoisotopic (exact) mass is 261 g/mol. The van der Waals surface area contributed by atoms with Crippen molar-refractivity contribution in [1.29, 1.82) is 0 Å². The molecular formula is C12H15N5O2. The third kappa shape index (κ3) is 3.70. The minimum atomic E-state index is -0.494. The lowest BCUT2D eigenvalue weighted by Crippen LogP contribution is -2.11. The van der Waals surface area contributed by atoms with Crippen LogP contribution in [-0.4, -0.2) is 28.2 Å². The molecule has 1 aromatic carbocycles. The van der Waals surface area contributed by atoms with Crippen molar-refractivity contribution in [3.05, 3.63) is 36.2 Å². The number of rotatable bonds is 4. The molecule has 7 heteroatoms. The number of aromatic nitrogens is 3. The van der Waals surface area contributed by atoms with Gasteiger partial charge in [-0.05, 0) is 18.2 Å². The Morgan fingerprint density at radius 3 is 2.89 bits per heavy atom. The number of carbonyl (C=O) groups excluding carboxylic acids is 1. The average Bonchev–Trinajstić information content (AvgIpc) is 2.82. The fraction of sp³-hybridized carbons (Fsp3) is 0.250. The maximum atomic E-state index is 11.1. The molecule has 19 heavy (non-hydrogen) atoms. The molecule has 100 valence electrons. The zero-order chi connectivity index (χ0) is 13.7. The summed E-state index contributed by atoms with van der Waals surface area (Å²) in [5.41, 5.74) is 2.38. The summed E-state index contributed by atoms with van der Waals surface area (Å²) in [7, 11) is 3.14. The second kappa shape index (κ2) is 5.85. The smallest absolute Gasteiger partial charge is 0.411 e. The molecule has 0 atom stereocenters. The van der Waals surface area contributed by atoms with Crippen molar-refractivity contribution in [1.82, 2.24) is 15.0 Å². The Bertz CT molecular complexity index is 567. The predicted molar refractivity (Wildman–Crippen MR) is 70.8 cm³/mol. The van der Waals surface area contributed by atoms with E-state index in [0.29, 0.717) is 12.2 Å². The van der Waals surface area contributed by atoms with E-state index in [1.54, 1.807) is 10.7 Å². The quantitative estimate of drug-likeness (QED) is 0.873. The molecule has 0 saturated carbocycles. The molecule has 0 aliphatic carbocycles. The largest absolute Gasteiger partial charge is 0.453 e. The van der Waals surface area contributed by atoms with Gasteiger partial charge in [-0.3, -0.25) is 10.00 Å². The fourth-order valence-electron chi connectivity index (χ4n) is 1.54. The highest BCUT2D eigenvalue weighted by molar-refractivity contribution is 5.85. The van der Waals surface area contributed by atoms with Gasteiger partial charge in [-0.1, -0.05) is 11.3 Å². The summed E-state index contributed by atoms with van der Waals surface area (Å²) < 4.78 is 6.18. The van der Waals surface area contributed by atoms with Crippen LogP contribution in [0, 0.1) is 0 Å². The van der Waals surface area contributed by atoms with E-state index < -0.39 is 6.09 Å². The van der Waals surface area contributed by atoms with Crippen LogP contribution in [0.2, 0.25) is 0 Å². The maximum absolute atomic E-state index is 11.1. The highest BCUT2D eigenvalue weighted by atomic mass is 16.5. The summed E-state index contributed by atoms with van der Waals surface area (Å²) in [5, 5.41) is 13.6. The van der Waals surface area contributed by atoms with Crippen molar-refractivity contribution in [3.8, 4) is 0 Å². The minimum Gasteiger partial charge on any atom is -0.453 e. The molecule has 1 amide bonds. The van der Waals surface area contributed by atoms with E-state index in [1.807, 2.05) is 31.4 Å². The number of methoxy groups -OCH3 is 1. The number of aryl methyl sites for hydroxylation is 1. The summed E-state index contributed by atoms with van der Waals surface area (Å²) in [4.78, 5) is 11.1. The fourth-order valence-corrected chi connectivity index (χ4v) is 1.54. The van der Waals surface area contributed by atoms with Gasteiger partial charge in [0.1, 0.15) is 5.69 Å². The number of carbonyl (C=O) groups is 1. The van der Waals surface area contributed by atoms with Crippen molar-refractivity contribution in [2.75, 3.05) is 17.7 Å². The zero-order valence-electron chi connectivity index (χ0n) is 10.8. The van der Waals surface area contributed by atoms with E-state index in [4.69, 9.17) is 0 Å². The first-order valence-corrected chi connectivity index (χ1v) is 5.71. The van der Waals surface area contributed by atoms with Gasteiger partial charge in [-0.15, -0.1) is 5.10 Å². The Morgan fingerprint density at radius 2 is 2.21 bits per heavy atom. The lowest BCUT2D eigenvalue weighted by atomic mass is 10.2. The number of amides is 1. The van der Waals surface area contributed by atoms with Crippen LogP contribution in [0.5, 0.6) is 0 Å². The van der Waals surface area contributed by atoms with E-state index in [-0.39, 0.29) is 0 Å². The number of ether oxygens (including phenoxy) is 1. The summed E-state index contributed by atoms with van der Waals surface area (Å²) in [6, 6.07) is 7.33. The molecule has 7 nitrogen and oxygen atoms in total. The number of anilines is 2. The van der Waals surface area contributed by atoms with Crippen LogP contribution in [-0.2, 0) is 18.3 Å². The molecule has 2 N–H and O–H groups in total. The summed E-state index contributed by atoms with van der Waals surface area (Å²) in [5.74, 6) is 0. The van der Waals surface area contributed by atoms with E-state index in [0.717, 1.165) is 11.4 Å². The Morgan fingerprint density at radius 1 is 1.42 bits per heavy atom. The molecule has 0 bridgehead atoms. The lowest BCUT2D eigenvalue weighted by molar-refractivity contribution is 0.187. The Kier molecular flexibility index (Phi) is 3.97. The summed E-state index contributed by atoms with van der Waals surface area (Å²) in [6.45, 7) is 0.565. The third-order valence-electron chi connectivity index (χ3n) is 2.42. The van der Waals surface area contributed by atoms with Crippen LogP contribution < -0.4 is 10.6 Å². The van der Waals surface area contributed by atoms with E-state index in [1.165, 1.54) is 7.11 Å². The highest BCUT2D eigenvalue weighted by Gasteiger charge is 2.02. The molecule has 1 aromatic heterocycles. The second-order valence-electron chi connectivity index (χ2n) is 3.93. The van der Waals surface area contributed by atoms with E-state index in [9.17, 15) is 4.79 Å². The molecule has 2 aromatic rings. The number of nitrogens with zero attached hydrogens (tertiary/aromatic N) is 3. The first kappa shape index (κ1) is 12.9. The van der Waals surface area contributed by atoms with Crippen LogP contribution in [0.3, 0.4) is 0 Å². The van der Waals surface area contributed by atoms with Gasteiger partial charge in [0.05, 0.1) is 13.7 Å². The number of hydrogen-bond donors (Lipinski definition) is 2. The van der Waals surface area contributed by atoms with Crippen LogP contribution in [0.4, 0.5) is 16.2 Å². The van der Waals surface area contributed by atoms with Gasteiger partial charge < -0.3 is 10.1 Å². The van der Waals surface area contributed by atoms with Crippen molar-refractivity contribution in [2.45, 2.75) is 6.54 Å². The SMILES string of the molecule is COC(=O)Nc1cccc(NCc2cn(C)nn2)c1. The molecule has 0 fully saturated rings. The molecule has 0 radical (unpaired) electrons. The van der Waals surface area contributed by atoms with Gasteiger partial charge in [-0.2, -0.15) is 0 Å². The average molecular weight is 261 g/mol. The second-order valence-corrected chi connectivity index (χ2v) is 3.93. The van der Waals surface area contributed by atoms with Gasteiger partial charge in [0.15, 0.2) is 0 Å². The molecule has 0 unspecified atom stereocenters. The van der Waals surface area contributed by atoms with Gasteiger partial charge in [0.2, 0.25) is 0 Å². The van der Waals surface area contributed by atoms with Crippen LogP contribution in [0.1, 0.15) is 5.69 Å². The van der Waals surface area contributed by atoms with Crippen molar-refractivity contribution in [3.63, 3.8) is 0 Å². The number of hydrogen-bond acceptors (Lipinski definition) is 5. The lowest BCUT2D eigenvalue weighted by Gasteiger charge is -2.07. The van der Waals surface area contributed by atoms with E-state index in [2.05, 4.69) is 25.7 Å². The number of nitrogens with one attached hydrogen (secondary N) is 2. The molecule has 0 saturated heterocycles. The van der Waals surface area contributed by atoms with Crippen LogP contribution >= 0.6 is 0 Å². The Balaban J connectivity index is 1.97. The summed E-state index contributed by atoms with van der Waals surface area (Å²) >= 11 is 0. The maximum Gasteiger partial charge on any atom is 0.411 e. The highest BCUT2D eigenvalue weighted by Crippen LogP contribution is 2.15. The van der Waals surface area contributed by atoms with Gasteiger partial charge >= 0.3 is 6.09 Å².